The minimum absolute atomic E-state index is 0. The van der Waals surface area contributed by atoms with Crippen molar-refractivity contribution in [1.82, 2.24) is 19.6 Å². The number of nitrogens with zero attached hydrogens (tertiary/aromatic N) is 4. The van der Waals surface area contributed by atoms with Crippen LogP contribution >= 0.6 is 47.8 Å². The van der Waals surface area contributed by atoms with Gasteiger partial charge in [-0.2, -0.15) is 0 Å². The van der Waals surface area contributed by atoms with Gasteiger partial charge in [-0.25, -0.2) is 24.0 Å². The van der Waals surface area contributed by atoms with Crippen molar-refractivity contribution < 1.29 is 130 Å². The Hall–Kier alpha value is -9.04. The first-order valence-corrected chi connectivity index (χ1v) is 52.5. The molecule has 832 valence electrons. The Labute approximate surface area is 949 Å². The number of hydrogen-bond acceptors (Lipinski definition) is 18. The van der Waals surface area contributed by atoms with Crippen molar-refractivity contribution in [2.75, 3.05) is 59.0 Å². The average Bonchev–Trinajstić information content (AvgIpc) is 1.62. The molecule has 4 saturated heterocycles. The monoisotopic (exact) mass is 2280 g/mol. The van der Waals surface area contributed by atoms with Crippen molar-refractivity contribution in [3.63, 3.8) is 0 Å². The number of carboxylic acids is 3. The maximum atomic E-state index is 12.1. The molecule has 0 radical (unpaired) electrons. The number of aliphatic hydroxyl groups is 1. The van der Waals surface area contributed by atoms with Gasteiger partial charge in [0.1, 0.15) is 51.7 Å². The summed E-state index contributed by atoms with van der Waals surface area (Å²) < 4.78 is 64.6. The van der Waals surface area contributed by atoms with E-state index >= 15 is 0 Å². The number of rotatable bonds is 18. The van der Waals surface area contributed by atoms with Gasteiger partial charge >= 0.3 is 68.3 Å². The second kappa shape index (κ2) is 86.5. The van der Waals surface area contributed by atoms with Gasteiger partial charge in [0.05, 0.1) is 11.2 Å². The zero-order valence-electron chi connectivity index (χ0n) is 97.5. The molecule has 0 spiro atoms. The Kier molecular flexibility index (Phi) is 84.9. The number of halogens is 3. The summed E-state index contributed by atoms with van der Waals surface area (Å²) in [7, 11) is -0.314. The molecule has 0 aliphatic carbocycles. The summed E-state index contributed by atoms with van der Waals surface area (Å²) in [5.41, 5.74) is 8.36. The van der Waals surface area contributed by atoms with Crippen LogP contribution in [0.25, 0.3) is 18.2 Å². The van der Waals surface area contributed by atoms with Crippen molar-refractivity contribution in [3.05, 3.63) is 239 Å². The third kappa shape index (κ3) is 67.3. The molecular weight excluding hydrogens is 2080 g/mol. The zero-order valence-corrected chi connectivity index (χ0v) is 97.3. The molecule has 0 saturated carbocycles. The van der Waals surface area contributed by atoms with E-state index in [9.17, 15) is 52.7 Å². The Balaban J connectivity index is -0.000000169. The maximum Gasteiger partial charge on any atom is 1.00 e. The van der Waals surface area contributed by atoms with Gasteiger partial charge < -0.3 is 74.5 Å². The zero-order chi connectivity index (χ0) is 114. The van der Waals surface area contributed by atoms with Crippen molar-refractivity contribution in [2.45, 2.75) is 351 Å². The maximum absolute atomic E-state index is 12.1. The van der Waals surface area contributed by atoms with Crippen LogP contribution in [0.1, 0.15) is 369 Å². The van der Waals surface area contributed by atoms with Crippen LogP contribution in [0.3, 0.4) is 0 Å². The van der Waals surface area contributed by atoms with E-state index < -0.39 is 65.5 Å². The fourth-order valence-electron chi connectivity index (χ4n) is 13.5. The molecule has 11 rings (SSSR count). The molecule has 6 aromatic rings. The van der Waals surface area contributed by atoms with Crippen molar-refractivity contribution in [2.24, 2.45) is 0 Å². The third-order valence-electron chi connectivity index (χ3n) is 20.5. The van der Waals surface area contributed by atoms with Gasteiger partial charge in [0.15, 0.2) is 23.6 Å². The van der Waals surface area contributed by atoms with Crippen molar-refractivity contribution in [1.29, 1.82) is 0 Å². The molecule has 0 unspecified atom stereocenters. The molecule has 0 aromatic heterocycles. The molecule has 31 heteroatoms. The predicted octanol–water partition coefficient (Wildman–Crippen LogP) is 26.8. The first kappa shape index (κ1) is 145. The van der Waals surface area contributed by atoms with Crippen LogP contribution in [-0.2, 0) is 69.9 Å². The summed E-state index contributed by atoms with van der Waals surface area (Å²) in [5, 5.41) is 31.3. The van der Waals surface area contributed by atoms with Crippen LogP contribution in [0, 0.1) is 0 Å². The standard InChI is InChI=1S/C19H27NO3.C19H25NO3.C19H29NO2.C16H28BNO4.C9H7BrO2.C9H7BrO.C7H5BrO.C3H4O4.C2H6O.6C2H6.2CH4.Al.Li.2H2.4H/c2*1-19(2,3)23-18(22)20-12-10-16(11-13-20)17-9-5-4-7-15(17)8-6-14-21;1-5-8-15-9-6-7-10-17(15)16-11-13-20(14-12-16)18(21)22-19(2,3)4;1-14(2,3)20-13(19)18-10-8-12(9-11-18)17-21-15(4,5)16(6,7)22-17;10-8-4-2-1-3-7(8)5-6-9(11)12;10-9-6-2-1-4-8(9)5-3-7-11;8-7-4-2-1-3-6(7)5-9;4-2(5)1-3(6)7;1-2-3;6*1-2;;;;;;;;;;/h4-5,7,9,14,16H,6,8,10-13H2,1-3H3;4-9,14,16H,10-13H2,1-3H3;6-7,9-10,16H,5,8,11-14H2,1-4H3;8H,9-11H2,1-7H3;1-6H,(H,11,12);1-7H;1-5H;1H2,(H,4,5)(H,6,7);3H,2H2,1H3;6*1-2H3;2*1H4;;;2*1H;;;;/q;;;;;;;;;;;;;;;;;;+1;;;;;;-1/b;8-6+;;;6-5+;5-3+;;;;;;;;;;;;;;;;;;;/i2*14T;1T;;;7T;;;;;;;;;;;;;;1+2;1+1;;;;. The largest absolute Gasteiger partial charge is 1.00 e. The van der Waals surface area contributed by atoms with E-state index in [1.807, 2.05) is 308 Å². The minimum atomic E-state index is -1.31. The van der Waals surface area contributed by atoms with Crippen LogP contribution in [0.2, 0.25) is 0 Å². The number of benzene rings is 6. The molecular formula is C117H190AlBBr3LiN4O21. The number of aliphatic hydroxyl groups excluding tert-OH is 1. The first-order chi connectivity index (χ1) is 69.6. The minimum Gasteiger partial charge on any atom is -1.00 e. The van der Waals surface area contributed by atoms with E-state index in [2.05, 4.69) is 84.2 Å². The van der Waals surface area contributed by atoms with Gasteiger partial charge in [-0.3, -0.25) is 24.0 Å². The number of carbonyl (C=O) groups is 11. The van der Waals surface area contributed by atoms with Crippen LogP contribution in [0.5, 0.6) is 0 Å². The van der Waals surface area contributed by atoms with Gasteiger partial charge in [0.2, 0.25) is 0 Å². The van der Waals surface area contributed by atoms with Gasteiger partial charge in [-0.15, -0.1) is 0 Å². The number of likely N-dealkylation sites (tertiary alicyclic amines) is 3. The van der Waals surface area contributed by atoms with Gasteiger partial charge in [0, 0.05) is 94.7 Å². The third-order valence-corrected chi connectivity index (χ3v) is 22.6. The number of aldehydes is 4. The van der Waals surface area contributed by atoms with Gasteiger partial charge in [0.25, 0.3) is 0 Å². The molecule has 25 nitrogen and oxygen atoms in total. The van der Waals surface area contributed by atoms with Crippen LogP contribution in [0.15, 0.2) is 189 Å². The topological polar surface area (TPSA) is 337 Å². The Morgan fingerprint density at radius 3 is 1.04 bits per heavy atom. The SMILES string of the molecule is C.C.CC.CC.CC.CC.CC.CC.CC(C)(C)OC(=O)N1CC=C(B2OC(C)(C)C(C)(C)O2)CC1.CCO.O=C(O)/C=C/c1ccccc1Br.O=C(O)CC(=O)O.O=Cc1ccccc1Br.[2HH].[3HH].[3H]C(=O)/C=C/c1ccccc1Br.[3H]C(=O)/C=C/c1ccccc1C1CCN(C(=O)OC(C)(C)C)CC1.[3H]C(=O)CCc1ccccc1C1CCN(C(=O)OC(C)(C)C)CC1.[3H]CCCc1ccccc1C1CCN(C(=O)OC(C)(C)C)CC1.[AlH3].[H-].[Li+]. The molecule has 4 fully saturated rings. The molecule has 5 heterocycles. The summed E-state index contributed by atoms with van der Waals surface area (Å²) in [4.78, 5) is 127. The molecule has 5 aliphatic rings. The number of carboxylic acid groups (broad SMARTS) is 3. The van der Waals surface area contributed by atoms with Crippen LogP contribution in [0.4, 0.5) is 19.2 Å². The second-order valence-corrected chi connectivity index (χ2v) is 38.6. The van der Waals surface area contributed by atoms with Crippen molar-refractivity contribution in [3.8, 4) is 0 Å². The molecule has 4 N–H and O–H groups in total. The van der Waals surface area contributed by atoms with E-state index in [1.165, 1.54) is 34.4 Å². The Morgan fingerprint density at radius 2 is 0.757 bits per heavy atom. The number of aryl methyl sites for hydroxylation is 2. The number of hydrogen-bond donors (Lipinski definition) is 4. The van der Waals surface area contributed by atoms with E-state index in [4.69, 9.17) is 54.2 Å². The Bertz CT molecular complexity index is 4900. The van der Waals surface area contributed by atoms with E-state index in [1.54, 1.807) is 45.9 Å². The molecule has 6 aromatic carbocycles. The van der Waals surface area contributed by atoms with E-state index in [0.717, 1.165) is 124 Å². The second-order valence-electron chi connectivity index (χ2n) is 36.1. The number of aliphatic carboxylic acids is 3. The summed E-state index contributed by atoms with van der Waals surface area (Å²) in [5.74, 6) is -2.33. The van der Waals surface area contributed by atoms with Crippen molar-refractivity contribution >= 4 is 158 Å². The number of allylic oxidation sites excluding steroid dienone is 2. The smallest absolute Gasteiger partial charge is 1.00 e. The molecule has 4 amide bonds. The van der Waals surface area contributed by atoms with E-state index in [0.29, 0.717) is 75.9 Å². The number of carbonyl (C=O) groups excluding carboxylic acids is 8. The fraction of sp³-hybridized carbons (Fsp3) is 0.530. The number of piperidine rings is 3. The Morgan fingerprint density at radius 1 is 0.466 bits per heavy atom. The van der Waals surface area contributed by atoms with Gasteiger partial charge in [-0.1, -0.05) is 305 Å². The molecule has 0 atom stereocenters. The molecule has 5 aliphatic heterocycles. The molecule has 148 heavy (non-hydrogen) atoms. The normalized spacial score (nSPS) is 14.4. The van der Waals surface area contributed by atoms with Crippen LogP contribution < -0.4 is 18.9 Å². The summed E-state index contributed by atoms with van der Waals surface area (Å²) in [6, 6.07) is 46.9. The number of amides is 4. The quantitative estimate of drug-likeness (QED) is 0.0204. The van der Waals surface area contributed by atoms with E-state index in [-0.39, 0.29) is 111 Å². The van der Waals surface area contributed by atoms with Gasteiger partial charge in [-0.05, 0) is 280 Å². The fourth-order valence-corrected chi connectivity index (χ4v) is 14.8. The summed E-state index contributed by atoms with van der Waals surface area (Å²) in [6.45, 7) is 62.5. The first-order valence-electron chi connectivity index (χ1n) is 52.3. The predicted molar refractivity (Wildman–Crippen MR) is 628 cm³/mol. The summed E-state index contributed by atoms with van der Waals surface area (Å²) in [6.07, 6.45) is 16.6. The average molecular weight is 2280 g/mol. The molecule has 0 bridgehead atoms. The van der Waals surface area contributed by atoms with Crippen LogP contribution in [-0.4, -0.2) is 224 Å². The number of ether oxygens (including phenoxy) is 4. The summed E-state index contributed by atoms with van der Waals surface area (Å²) >= 11 is 9.85.